The van der Waals surface area contributed by atoms with Crippen LogP contribution in [-0.2, 0) is 6.54 Å². The zero-order chi connectivity index (χ0) is 11.4. The Morgan fingerprint density at radius 1 is 1.56 bits per heavy atom. The fraction of sp³-hybridized carbons (Fsp3) is 0.692. The molecule has 3 nitrogen and oxygen atoms in total. The van der Waals surface area contributed by atoms with Gasteiger partial charge in [-0.05, 0) is 44.9 Å². The quantitative estimate of drug-likeness (QED) is 0.774. The first kappa shape index (κ1) is 11.7. The molecule has 2 rings (SSSR count). The maximum absolute atomic E-state index is 5.38. The summed E-state index contributed by atoms with van der Waals surface area (Å²) in [5.41, 5.74) is 1.24. The summed E-state index contributed by atoms with van der Waals surface area (Å²) in [6, 6.07) is 2.78. The summed E-state index contributed by atoms with van der Waals surface area (Å²) >= 11 is 0. The fourth-order valence-corrected chi connectivity index (χ4v) is 2.33. The molecule has 0 saturated carbocycles. The third-order valence-corrected chi connectivity index (χ3v) is 3.52. The molecule has 1 N–H and O–H groups in total. The van der Waals surface area contributed by atoms with E-state index in [1.165, 1.54) is 24.9 Å². The van der Waals surface area contributed by atoms with Crippen LogP contribution in [0.15, 0.2) is 16.7 Å². The first-order chi connectivity index (χ1) is 7.77. The zero-order valence-corrected chi connectivity index (χ0v) is 10.3. The molecule has 0 bridgehead atoms. The molecule has 16 heavy (non-hydrogen) atoms. The monoisotopic (exact) mass is 222 g/mol. The SMILES string of the molecule is Cc1ccoc1CNCCN1CCCC1C. The van der Waals surface area contributed by atoms with Gasteiger partial charge in [-0.3, -0.25) is 4.90 Å². The van der Waals surface area contributed by atoms with Crippen LogP contribution in [0, 0.1) is 6.92 Å². The summed E-state index contributed by atoms with van der Waals surface area (Å²) in [6.07, 6.45) is 4.48. The predicted octanol–water partition coefficient (Wildman–Crippen LogP) is 2.16. The van der Waals surface area contributed by atoms with Gasteiger partial charge in [-0.25, -0.2) is 0 Å². The molecule has 0 radical (unpaired) electrons. The molecule has 1 aliphatic rings. The molecular formula is C13H22N2O. The van der Waals surface area contributed by atoms with Crippen molar-refractivity contribution in [2.24, 2.45) is 0 Å². The van der Waals surface area contributed by atoms with E-state index < -0.39 is 0 Å². The molecule has 1 aromatic heterocycles. The number of hydrogen-bond donors (Lipinski definition) is 1. The van der Waals surface area contributed by atoms with Crippen molar-refractivity contribution in [3.63, 3.8) is 0 Å². The number of aryl methyl sites for hydroxylation is 1. The topological polar surface area (TPSA) is 28.4 Å². The highest BCUT2D eigenvalue weighted by Gasteiger charge is 2.18. The third-order valence-electron chi connectivity index (χ3n) is 3.52. The summed E-state index contributed by atoms with van der Waals surface area (Å²) in [6.45, 7) is 8.72. The zero-order valence-electron chi connectivity index (χ0n) is 10.3. The second-order valence-corrected chi connectivity index (χ2v) is 4.73. The molecule has 1 aromatic rings. The van der Waals surface area contributed by atoms with Crippen molar-refractivity contribution >= 4 is 0 Å². The standard InChI is InChI=1S/C13H22N2O/c1-11-5-9-16-13(11)10-14-6-8-15-7-3-4-12(15)2/h5,9,12,14H,3-4,6-8,10H2,1-2H3. The third kappa shape index (κ3) is 2.86. The molecule has 1 aliphatic heterocycles. The van der Waals surface area contributed by atoms with Gasteiger partial charge in [-0.15, -0.1) is 0 Å². The smallest absolute Gasteiger partial charge is 0.120 e. The van der Waals surface area contributed by atoms with Gasteiger partial charge in [0, 0.05) is 19.1 Å². The van der Waals surface area contributed by atoms with E-state index in [1.54, 1.807) is 6.26 Å². The van der Waals surface area contributed by atoms with Crippen LogP contribution in [0.1, 0.15) is 31.1 Å². The minimum atomic E-state index is 0.771. The van der Waals surface area contributed by atoms with E-state index in [-0.39, 0.29) is 0 Å². The summed E-state index contributed by atoms with van der Waals surface area (Å²) in [5, 5.41) is 3.44. The van der Waals surface area contributed by atoms with Crippen molar-refractivity contribution in [3.8, 4) is 0 Å². The Kier molecular flexibility index (Phi) is 4.02. The summed E-state index contributed by atoms with van der Waals surface area (Å²) in [7, 11) is 0. The number of furan rings is 1. The molecule has 0 aliphatic carbocycles. The predicted molar refractivity (Wildman–Crippen MR) is 65.4 cm³/mol. The minimum Gasteiger partial charge on any atom is -0.468 e. The van der Waals surface area contributed by atoms with Gasteiger partial charge in [0.1, 0.15) is 5.76 Å². The van der Waals surface area contributed by atoms with E-state index in [0.29, 0.717) is 0 Å². The van der Waals surface area contributed by atoms with Crippen molar-refractivity contribution in [1.82, 2.24) is 10.2 Å². The van der Waals surface area contributed by atoms with Crippen molar-refractivity contribution < 1.29 is 4.42 Å². The van der Waals surface area contributed by atoms with Crippen LogP contribution in [0.4, 0.5) is 0 Å². The van der Waals surface area contributed by atoms with E-state index >= 15 is 0 Å². The molecule has 0 amide bonds. The van der Waals surface area contributed by atoms with Gasteiger partial charge in [0.2, 0.25) is 0 Å². The first-order valence-corrected chi connectivity index (χ1v) is 6.25. The van der Waals surface area contributed by atoms with E-state index in [1.807, 2.05) is 6.07 Å². The van der Waals surface area contributed by atoms with Crippen LogP contribution in [0.3, 0.4) is 0 Å². The number of rotatable bonds is 5. The van der Waals surface area contributed by atoms with Crippen molar-refractivity contribution in [1.29, 1.82) is 0 Å². The molecular weight excluding hydrogens is 200 g/mol. The molecule has 1 saturated heterocycles. The van der Waals surface area contributed by atoms with Gasteiger partial charge in [0.15, 0.2) is 0 Å². The summed E-state index contributed by atoms with van der Waals surface area (Å²) in [4.78, 5) is 2.56. The molecule has 1 atom stereocenters. The Balaban J connectivity index is 1.63. The molecule has 0 aromatic carbocycles. The number of hydrogen-bond acceptors (Lipinski definition) is 3. The molecule has 1 unspecified atom stereocenters. The molecule has 1 fully saturated rings. The van der Waals surface area contributed by atoms with Gasteiger partial charge in [0.25, 0.3) is 0 Å². The Labute approximate surface area is 97.8 Å². The number of nitrogens with one attached hydrogen (secondary N) is 1. The minimum absolute atomic E-state index is 0.771. The Morgan fingerprint density at radius 2 is 2.44 bits per heavy atom. The second-order valence-electron chi connectivity index (χ2n) is 4.73. The van der Waals surface area contributed by atoms with Crippen LogP contribution >= 0.6 is 0 Å². The number of nitrogens with zero attached hydrogens (tertiary/aromatic N) is 1. The maximum atomic E-state index is 5.38. The summed E-state index contributed by atoms with van der Waals surface area (Å²) < 4.78 is 5.38. The maximum Gasteiger partial charge on any atom is 0.120 e. The van der Waals surface area contributed by atoms with Crippen LogP contribution in [-0.4, -0.2) is 30.6 Å². The molecule has 0 spiro atoms. The highest BCUT2D eigenvalue weighted by Crippen LogP contribution is 2.15. The van der Waals surface area contributed by atoms with Gasteiger partial charge >= 0.3 is 0 Å². The lowest BCUT2D eigenvalue weighted by atomic mass is 10.2. The van der Waals surface area contributed by atoms with Gasteiger partial charge in [0.05, 0.1) is 12.8 Å². The average Bonchev–Trinajstić information content (AvgIpc) is 2.84. The van der Waals surface area contributed by atoms with Crippen LogP contribution in [0.25, 0.3) is 0 Å². The van der Waals surface area contributed by atoms with Crippen molar-refractivity contribution in [3.05, 3.63) is 23.7 Å². The Bertz CT molecular complexity index is 321. The van der Waals surface area contributed by atoms with Crippen molar-refractivity contribution in [2.45, 2.75) is 39.3 Å². The Morgan fingerprint density at radius 3 is 3.06 bits per heavy atom. The number of likely N-dealkylation sites (tertiary alicyclic amines) is 1. The molecule has 2 heterocycles. The van der Waals surface area contributed by atoms with Crippen LogP contribution in [0.2, 0.25) is 0 Å². The van der Waals surface area contributed by atoms with E-state index in [0.717, 1.165) is 31.4 Å². The molecule has 3 heteroatoms. The highest BCUT2D eigenvalue weighted by molar-refractivity contribution is 5.13. The first-order valence-electron chi connectivity index (χ1n) is 6.25. The van der Waals surface area contributed by atoms with E-state index in [4.69, 9.17) is 4.42 Å². The van der Waals surface area contributed by atoms with Gasteiger partial charge in [-0.1, -0.05) is 0 Å². The van der Waals surface area contributed by atoms with Crippen molar-refractivity contribution in [2.75, 3.05) is 19.6 Å². The average molecular weight is 222 g/mol. The lowest BCUT2D eigenvalue weighted by Crippen LogP contribution is -2.34. The lowest BCUT2D eigenvalue weighted by molar-refractivity contribution is 0.267. The van der Waals surface area contributed by atoms with Gasteiger partial charge in [-0.2, -0.15) is 0 Å². The Hall–Kier alpha value is -0.800. The normalized spacial score (nSPS) is 21.8. The van der Waals surface area contributed by atoms with Crippen LogP contribution in [0.5, 0.6) is 0 Å². The van der Waals surface area contributed by atoms with E-state index in [2.05, 4.69) is 24.1 Å². The van der Waals surface area contributed by atoms with Gasteiger partial charge < -0.3 is 9.73 Å². The molecule has 90 valence electrons. The van der Waals surface area contributed by atoms with Crippen LogP contribution < -0.4 is 5.32 Å². The summed E-state index contributed by atoms with van der Waals surface area (Å²) in [5.74, 6) is 1.06. The second kappa shape index (κ2) is 5.51. The lowest BCUT2D eigenvalue weighted by Gasteiger charge is -2.20. The van der Waals surface area contributed by atoms with E-state index in [9.17, 15) is 0 Å². The fourth-order valence-electron chi connectivity index (χ4n) is 2.33. The largest absolute Gasteiger partial charge is 0.468 e. The highest BCUT2D eigenvalue weighted by atomic mass is 16.3.